The van der Waals surface area contributed by atoms with Crippen LogP contribution in [0.2, 0.25) is 0 Å². The minimum atomic E-state index is -0.289. The highest BCUT2D eigenvalue weighted by Gasteiger charge is 2.36. The zero-order valence-corrected chi connectivity index (χ0v) is 15.3. The van der Waals surface area contributed by atoms with Gasteiger partial charge in [-0.3, -0.25) is 9.59 Å². The number of aliphatic hydroxyl groups is 1. The van der Waals surface area contributed by atoms with E-state index in [0.717, 1.165) is 23.3 Å². The molecule has 26 heavy (non-hydrogen) atoms. The summed E-state index contributed by atoms with van der Waals surface area (Å²) in [6.45, 7) is 2.19. The summed E-state index contributed by atoms with van der Waals surface area (Å²) in [4.78, 5) is 25.3. The van der Waals surface area contributed by atoms with Crippen molar-refractivity contribution in [1.82, 2.24) is 5.32 Å². The van der Waals surface area contributed by atoms with Crippen molar-refractivity contribution in [2.45, 2.75) is 38.3 Å². The Hall–Kier alpha value is -2.18. The summed E-state index contributed by atoms with van der Waals surface area (Å²) in [5.74, 6) is 0.912. The van der Waals surface area contributed by atoms with Gasteiger partial charge in [0.1, 0.15) is 5.75 Å². The SMILES string of the molecule is CC(=O)c1ccc(C(=O)NC(c2ccc3c(c2)CCO3)C2CC(O)C2)s1. The zero-order valence-electron chi connectivity index (χ0n) is 14.5. The van der Waals surface area contributed by atoms with Gasteiger partial charge in [0.25, 0.3) is 5.91 Å². The van der Waals surface area contributed by atoms with Gasteiger partial charge in [-0.25, -0.2) is 0 Å². The summed E-state index contributed by atoms with van der Waals surface area (Å²) in [6, 6.07) is 9.30. The number of fused-ring (bicyclic) bond motifs is 1. The first-order valence-corrected chi connectivity index (χ1v) is 9.68. The predicted octanol–water partition coefficient (Wildman–Crippen LogP) is 3.13. The maximum Gasteiger partial charge on any atom is 0.261 e. The van der Waals surface area contributed by atoms with E-state index in [4.69, 9.17) is 4.74 Å². The summed E-state index contributed by atoms with van der Waals surface area (Å²) >= 11 is 1.21. The zero-order chi connectivity index (χ0) is 18.3. The van der Waals surface area contributed by atoms with Gasteiger partial charge in [0.15, 0.2) is 5.78 Å². The van der Waals surface area contributed by atoms with E-state index >= 15 is 0 Å². The van der Waals surface area contributed by atoms with E-state index in [0.29, 0.717) is 29.2 Å². The third-order valence-corrected chi connectivity index (χ3v) is 6.34. The molecule has 2 aromatic rings. The number of ether oxygens (including phenoxy) is 1. The number of rotatable bonds is 5. The van der Waals surface area contributed by atoms with E-state index in [9.17, 15) is 14.7 Å². The third-order valence-electron chi connectivity index (χ3n) is 5.16. The van der Waals surface area contributed by atoms with Crippen LogP contribution in [0.25, 0.3) is 0 Å². The number of amides is 1. The fourth-order valence-corrected chi connectivity index (χ4v) is 4.44. The monoisotopic (exact) mass is 371 g/mol. The topological polar surface area (TPSA) is 75.6 Å². The van der Waals surface area contributed by atoms with Crippen molar-refractivity contribution in [3.05, 3.63) is 51.2 Å². The Morgan fingerprint density at radius 1 is 1.23 bits per heavy atom. The predicted molar refractivity (Wildman–Crippen MR) is 98.9 cm³/mol. The Morgan fingerprint density at radius 2 is 2.00 bits per heavy atom. The van der Waals surface area contributed by atoms with Crippen molar-refractivity contribution in [2.75, 3.05) is 6.61 Å². The molecule has 1 saturated carbocycles. The van der Waals surface area contributed by atoms with Crippen LogP contribution in [0.5, 0.6) is 5.75 Å². The maximum absolute atomic E-state index is 12.7. The molecule has 136 valence electrons. The standard InChI is InChI=1S/C20H21NO4S/c1-11(22)17-4-5-18(26-17)20(24)21-19(14-9-15(23)10-14)13-2-3-16-12(8-13)6-7-25-16/h2-5,8,14-15,19,23H,6-7,9-10H2,1H3,(H,21,24). The molecule has 1 amide bonds. The molecular weight excluding hydrogens is 350 g/mol. The van der Waals surface area contributed by atoms with Gasteiger partial charge >= 0.3 is 0 Å². The second-order valence-electron chi connectivity index (χ2n) is 7.02. The highest BCUT2D eigenvalue weighted by atomic mass is 32.1. The van der Waals surface area contributed by atoms with E-state index in [2.05, 4.69) is 11.4 Å². The molecule has 0 spiro atoms. The number of thiophene rings is 1. The number of nitrogens with one attached hydrogen (secondary N) is 1. The Kier molecular flexibility index (Phi) is 4.54. The van der Waals surface area contributed by atoms with Crippen LogP contribution in [0.3, 0.4) is 0 Å². The fourth-order valence-electron chi connectivity index (χ4n) is 3.64. The van der Waals surface area contributed by atoms with E-state index in [1.807, 2.05) is 12.1 Å². The van der Waals surface area contributed by atoms with Crippen LogP contribution in [-0.4, -0.2) is 29.5 Å². The van der Waals surface area contributed by atoms with Gasteiger partial charge in [0.05, 0.1) is 28.5 Å². The van der Waals surface area contributed by atoms with Gasteiger partial charge in [-0.1, -0.05) is 6.07 Å². The van der Waals surface area contributed by atoms with Gasteiger partial charge in [0, 0.05) is 6.42 Å². The molecule has 2 aliphatic rings. The maximum atomic E-state index is 12.7. The van der Waals surface area contributed by atoms with Crippen molar-refractivity contribution in [2.24, 2.45) is 5.92 Å². The summed E-state index contributed by atoms with van der Waals surface area (Å²) in [5, 5.41) is 12.8. The van der Waals surface area contributed by atoms with Gasteiger partial charge in [-0.2, -0.15) is 0 Å². The van der Waals surface area contributed by atoms with Crippen molar-refractivity contribution >= 4 is 23.0 Å². The number of carbonyl (C=O) groups excluding carboxylic acids is 2. The lowest BCUT2D eigenvalue weighted by Gasteiger charge is -2.38. The lowest BCUT2D eigenvalue weighted by molar-refractivity contribution is 0.0235. The average Bonchev–Trinajstić information content (AvgIpc) is 3.25. The van der Waals surface area contributed by atoms with Gasteiger partial charge in [0.2, 0.25) is 0 Å². The van der Waals surface area contributed by atoms with Gasteiger partial charge in [-0.15, -0.1) is 11.3 Å². The molecule has 1 aliphatic carbocycles. The largest absolute Gasteiger partial charge is 0.493 e. The summed E-state index contributed by atoms with van der Waals surface area (Å²) in [5.41, 5.74) is 2.21. The minimum absolute atomic E-state index is 0.0358. The van der Waals surface area contributed by atoms with Crippen molar-refractivity contribution in [3.63, 3.8) is 0 Å². The lowest BCUT2D eigenvalue weighted by Crippen LogP contribution is -2.41. The average molecular weight is 371 g/mol. The van der Waals surface area contributed by atoms with E-state index in [1.165, 1.54) is 18.3 Å². The normalized spacial score (nSPS) is 22.1. The minimum Gasteiger partial charge on any atom is -0.493 e. The molecule has 0 saturated heterocycles. The summed E-state index contributed by atoms with van der Waals surface area (Å²) in [6.07, 6.45) is 1.95. The molecule has 0 bridgehead atoms. The van der Waals surface area contributed by atoms with E-state index in [-0.39, 0.29) is 29.8 Å². The molecule has 1 aromatic carbocycles. The smallest absolute Gasteiger partial charge is 0.261 e. The fraction of sp³-hybridized carbons (Fsp3) is 0.400. The Labute approximate surface area is 156 Å². The molecule has 1 fully saturated rings. The van der Waals surface area contributed by atoms with Crippen molar-refractivity contribution < 1.29 is 19.4 Å². The second-order valence-corrected chi connectivity index (χ2v) is 8.11. The molecule has 1 aliphatic heterocycles. The number of hydrogen-bond donors (Lipinski definition) is 2. The molecule has 2 N–H and O–H groups in total. The van der Waals surface area contributed by atoms with E-state index in [1.54, 1.807) is 12.1 Å². The lowest BCUT2D eigenvalue weighted by atomic mass is 9.75. The van der Waals surface area contributed by atoms with E-state index < -0.39 is 0 Å². The number of ketones is 1. The van der Waals surface area contributed by atoms with Crippen LogP contribution >= 0.6 is 11.3 Å². The van der Waals surface area contributed by atoms with Crippen molar-refractivity contribution in [3.8, 4) is 5.75 Å². The highest BCUT2D eigenvalue weighted by Crippen LogP contribution is 2.40. The first-order valence-electron chi connectivity index (χ1n) is 8.86. The number of Topliss-reactive ketones (excluding diaryl/α,β-unsaturated/α-hetero) is 1. The summed E-state index contributed by atoms with van der Waals surface area (Å²) in [7, 11) is 0. The van der Waals surface area contributed by atoms with Gasteiger partial charge in [-0.05, 0) is 61.1 Å². The van der Waals surface area contributed by atoms with Gasteiger partial charge < -0.3 is 15.2 Å². The first kappa shape index (κ1) is 17.2. The van der Waals surface area contributed by atoms with Crippen LogP contribution in [0.15, 0.2) is 30.3 Å². The highest BCUT2D eigenvalue weighted by molar-refractivity contribution is 7.15. The Bertz CT molecular complexity index is 853. The van der Waals surface area contributed by atoms with Crippen LogP contribution < -0.4 is 10.1 Å². The quantitative estimate of drug-likeness (QED) is 0.792. The van der Waals surface area contributed by atoms with Crippen molar-refractivity contribution in [1.29, 1.82) is 0 Å². The number of aliphatic hydroxyl groups excluding tert-OH is 1. The molecule has 2 heterocycles. The van der Waals surface area contributed by atoms with Crippen LogP contribution in [0, 0.1) is 5.92 Å². The number of carbonyl (C=O) groups is 2. The number of hydrogen-bond acceptors (Lipinski definition) is 5. The molecule has 6 heteroatoms. The third kappa shape index (κ3) is 3.27. The molecule has 0 radical (unpaired) electrons. The second kappa shape index (κ2) is 6.85. The molecule has 1 unspecified atom stereocenters. The molecule has 1 atom stereocenters. The molecule has 5 nitrogen and oxygen atoms in total. The van der Waals surface area contributed by atoms with Crippen LogP contribution in [-0.2, 0) is 6.42 Å². The Morgan fingerprint density at radius 3 is 2.69 bits per heavy atom. The first-order chi connectivity index (χ1) is 12.5. The molecule has 4 rings (SSSR count). The summed E-state index contributed by atoms with van der Waals surface area (Å²) < 4.78 is 5.57. The number of benzene rings is 1. The Balaban J connectivity index is 1.57. The van der Waals surface area contributed by atoms with Crippen LogP contribution in [0.1, 0.15) is 56.3 Å². The molecular formula is C20H21NO4S. The van der Waals surface area contributed by atoms with Crippen LogP contribution in [0.4, 0.5) is 0 Å². The molecule has 1 aromatic heterocycles.